The molecule has 0 aromatic carbocycles. The molecule has 0 saturated heterocycles. The predicted molar refractivity (Wildman–Crippen MR) is 111 cm³/mol. The number of unbranched alkanes of at least 4 members (excludes halogenated alkanes) is 13. The molecule has 0 fully saturated rings. The molecule has 0 spiro atoms. The lowest BCUT2D eigenvalue weighted by atomic mass is 10.0. The maximum atomic E-state index is 11.1. The number of carboxylic acid groups (broad SMARTS) is 1. The monoisotopic (exact) mass is 371 g/mol. The second kappa shape index (κ2) is 17.8. The Bertz CT molecular complexity index is 321. The molecule has 4 heteroatoms. The van der Waals surface area contributed by atoms with E-state index in [0.717, 1.165) is 19.3 Å². The predicted octanol–water partition coefficient (Wildman–Crippen LogP) is 5.62. The minimum absolute atomic E-state index is 0.320. The van der Waals surface area contributed by atoms with Crippen LogP contribution in [-0.2, 0) is 4.79 Å². The summed E-state index contributed by atoms with van der Waals surface area (Å²) in [6.07, 6.45) is 19.1. The van der Waals surface area contributed by atoms with Gasteiger partial charge in [-0.15, -0.1) is 0 Å². The van der Waals surface area contributed by atoms with Gasteiger partial charge in [-0.05, 0) is 26.9 Å². The fourth-order valence-corrected chi connectivity index (χ4v) is 3.48. The molecule has 0 amide bonds. The van der Waals surface area contributed by atoms with Crippen LogP contribution < -0.4 is 0 Å². The molecule has 156 valence electrons. The van der Waals surface area contributed by atoms with Gasteiger partial charge in [0.05, 0.1) is 6.10 Å². The first-order chi connectivity index (χ1) is 12.5. The number of aliphatic hydroxyl groups excluding tert-OH is 1. The summed E-state index contributed by atoms with van der Waals surface area (Å²) in [6.45, 7) is 2.27. The lowest BCUT2D eigenvalue weighted by molar-refractivity contribution is -0.143. The zero-order chi connectivity index (χ0) is 19.6. The summed E-state index contributed by atoms with van der Waals surface area (Å²) in [7, 11) is 3.50. The van der Waals surface area contributed by atoms with Crippen LogP contribution >= 0.6 is 0 Å². The summed E-state index contributed by atoms with van der Waals surface area (Å²) in [6, 6.07) is -0.586. The fraction of sp³-hybridized carbons (Fsp3) is 0.955. The number of nitrogens with zero attached hydrogens (tertiary/aromatic N) is 1. The number of carbonyl (C=O) groups is 1. The standard InChI is InChI=1S/C22H45NO3/c1-4-5-6-7-8-9-10-11-12-13-14-15-16-17-18-20(24)19-21(22(25)26)23(2)3/h20-21,24H,4-19H2,1-3H3,(H,25,26). The molecule has 2 unspecified atom stereocenters. The van der Waals surface area contributed by atoms with Gasteiger partial charge in [0.25, 0.3) is 0 Å². The number of rotatable bonds is 19. The summed E-state index contributed by atoms with van der Waals surface area (Å²) < 4.78 is 0. The Hall–Kier alpha value is -0.610. The van der Waals surface area contributed by atoms with E-state index in [9.17, 15) is 9.90 Å². The van der Waals surface area contributed by atoms with Gasteiger partial charge in [-0.2, -0.15) is 0 Å². The van der Waals surface area contributed by atoms with E-state index in [2.05, 4.69) is 6.92 Å². The van der Waals surface area contributed by atoms with Gasteiger partial charge in [-0.1, -0.05) is 96.8 Å². The molecule has 0 bridgehead atoms. The first-order valence-corrected chi connectivity index (χ1v) is 11.1. The van der Waals surface area contributed by atoms with Crippen molar-refractivity contribution in [2.45, 2.75) is 122 Å². The Labute approximate surface area is 162 Å². The number of hydrogen-bond donors (Lipinski definition) is 2. The average Bonchev–Trinajstić information content (AvgIpc) is 2.59. The van der Waals surface area contributed by atoms with Crippen LogP contribution in [0.2, 0.25) is 0 Å². The number of carboxylic acids is 1. The van der Waals surface area contributed by atoms with Crippen LogP contribution in [0.1, 0.15) is 110 Å². The maximum Gasteiger partial charge on any atom is 0.320 e. The second-order valence-electron chi connectivity index (χ2n) is 8.09. The highest BCUT2D eigenvalue weighted by Crippen LogP contribution is 2.15. The SMILES string of the molecule is CCCCCCCCCCCCCCCCC(O)CC(C(=O)O)N(C)C. The molecular formula is C22H45NO3. The molecule has 4 nitrogen and oxygen atoms in total. The summed E-state index contributed by atoms with van der Waals surface area (Å²) in [4.78, 5) is 12.8. The third-order valence-electron chi connectivity index (χ3n) is 5.29. The van der Waals surface area contributed by atoms with E-state index in [4.69, 9.17) is 5.11 Å². The van der Waals surface area contributed by atoms with Crippen molar-refractivity contribution in [2.24, 2.45) is 0 Å². The quantitative estimate of drug-likeness (QED) is 0.289. The number of aliphatic carboxylic acids is 1. The van der Waals surface area contributed by atoms with Crippen molar-refractivity contribution in [1.82, 2.24) is 4.90 Å². The third-order valence-corrected chi connectivity index (χ3v) is 5.29. The first-order valence-electron chi connectivity index (χ1n) is 11.1. The molecule has 0 heterocycles. The normalized spacial score (nSPS) is 13.9. The van der Waals surface area contributed by atoms with Gasteiger partial charge in [-0.25, -0.2) is 0 Å². The molecule has 0 aliphatic rings. The zero-order valence-corrected chi connectivity index (χ0v) is 17.7. The van der Waals surface area contributed by atoms with Crippen molar-refractivity contribution in [2.75, 3.05) is 14.1 Å². The van der Waals surface area contributed by atoms with Crippen molar-refractivity contribution in [3.05, 3.63) is 0 Å². The Morgan fingerprint density at radius 2 is 1.15 bits per heavy atom. The minimum Gasteiger partial charge on any atom is -0.480 e. The lowest BCUT2D eigenvalue weighted by Gasteiger charge is -2.22. The van der Waals surface area contributed by atoms with Crippen LogP contribution in [0.4, 0.5) is 0 Å². The molecule has 0 aromatic heterocycles. The highest BCUT2D eigenvalue weighted by Gasteiger charge is 2.22. The molecule has 0 aliphatic heterocycles. The van der Waals surface area contributed by atoms with Crippen LogP contribution in [0.3, 0.4) is 0 Å². The lowest BCUT2D eigenvalue weighted by Crippen LogP contribution is -2.38. The second-order valence-corrected chi connectivity index (χ2v) is 8.09. The van der Waals surface area contributed by atoms with Gasteiger partial charge in [0, 0.05) is 0 Å². The molecule has 0 aromatic rings. The number of likely N-dealkylation sites (N-methyl/N-ethyl adjacent to an activating group) is 1. The summed E-state index contributed by atoms with van der Waals surface area (Å²) in [5, 5.41) is 19.2. The molecule has 2 N–H and O–H groups in total. The molecule has 2 atom stereocenters. The van der Waals surface area contributed by atoms with Gasteiger partial charge in [-0.3, -0.25) is 9.69 Å². The fourth-order valence-electron chi connectivity index (χ4n) is 3.48. The largest absolute Gasteiger partial charge is 0.480 e. The van der Waals surface area contributed by atoms with Gasteiger partial charge in [0.1, 0.15) is 6.04 Å². The van der Waals surface area contributed by atoms with E-state index >= 15 is 0 Å². The van der Waals surface area contributed by atoms with Crippen LogP contribution in [0.15, 0.2) is 0 Å². The topological polar surface area (TPSA) is 60.8 Å². The summed E-state index contributed by atoms with van der Waals surface area (Å²) >= 11 is 0. The van der Waals surface area contributed by atoms with Crippen molar-refractivity contribution in [3.8, 4) is 0 Å². The van der Waals surface area contributed by atoms with Crippen molar-refractivity contribution >= 4 is 5.97 Å². The van der Waals surface area contributed by atoms with E-state index in [1.54, 1.807) is 19.0 Å². The maximum absolute atomic E-state index is 11.1. The third kappa shape index (κ3) is 15.6. The van der Waals surface area contributed by atoms with Gasteiger partial charge in [0.15, 0.2) is 0 Å². The Kier molecular flexibility index (Phi) is 17.4. The van der Waals surface area contributed by atoms with Crippen molar-refractivity contribution in [3.63, 3.8) is 0 Å². The molecule has 0 saturated carbocycles. The Morgan fingerprint density at radius 1 is 0.769 bits per heavy atom. The Balaban J connectivity index is 3.36. The molecule has 0 aliphatic carbocycles. The van der Waals surface area contributed by atoms with E-state index < -0.39 is 18.1 Å². The van der Waals surface area contributed by atoms with E-state index in [1.807, 2.05) is 0 Å². The van der Waals surface area contributed by atoms with Crippen LogP contribution in [0, 0.1) is 0 Å². The molecular weight excluding hydrogens is 326 g/mol. The van der Waals surface area contributed by atoms with Crippen LogP contribution in [0.5, 0.6) is 0 Å². The summed E-state index contributed by atoms with van der Waals surface area (Å²) in [5.74, 6) is -0.852. The average molecular weight is 372 g/mol. The molecule has 26 heavy (non-hydrogen) atoms. The summed E-state index contributed by atoms with van der Waals surface area (Å²) in [5.41, 5.74) is 0. The highest BCUT2D eigenvalue weighted by molar-refractivity contribution is 5.73. The van der Waals surface area contributed by atoms with Gasteiger partial charge >= 0.3 is 5.97 Å². The minimum atomic E-state index is -0.852. The van der Waals surface area contributed by atoms with Crippen LogP contribution in [-0.4, -0.2) is 47.3 Å². The van der Waals surface area contributed by atoms with Crippen LogP contribution in [0.25, 0.3) is 0 Å². The molecule has 0 radical (unpaired) electrons. The molecule has 0 rings (SSSR count). The highest BCUT2D eigenvalue weighted by atomic mass is 16.4. The van der Waals surface area contributed by atoms with Crippen molar-refractivity contribution < 1.29 is 15.0 Å². The number of hydrogen-bond acceptors (Lipinski definition) is 3. The van der Waals surface area contributed by atoms with E-state index in [0.29, 0.717) is 6.42 Å². The number of aliphatic hydroxyl groups is 1. The van der Waals surface area contributed by atoms with E-state index in [1.165, 1.54) is 77.0 Å². The smallest absolute Gasteiger partial charge is 0.320 e. The van der Waals surface area contributed by atoms with Crippen molar-refractivity contribution in [1.29, 1.82) is 0 Å². The Morgan fingerprint density at radius 3 is 1.50 bits per heavy atom. The van der Waals surface area contributed by atoms with Gasteiger partial charge in [0.2, 0.25) is 0 Å². The first kappa shape index (κ1) is 25.4. The van der Waals surface area contributed by atoms with Gasteiger partial charge < -0.3 is 10.2 Å². The van der Waals surface area contributed by atoms with E-state index in [-0.39, 0.29) is 0 Å². The zero-order valence-electron chi connectivity index (χ0n) is 17.7.